The number of aromatic nitrogens is 1. The van der Waals surface area contributed by atoms with Crippen molar-refractivity contribution in [1.29, 1.82) is 0 Å². The smallest absolute Gasteiger partial charge is 0.311 e. The van der Waals surface area contributed by atoms with E-state index in [4.69, 9.17) is 14.2 Å². The summed E-state index contributed by atoms with van der Waals surface area (Å²) in [4.78, 5) is 15.8. The van der Waals surface area contributed by atoms with Crippen LogP contribution >= 0.6 is 27.3 Å². The van der Waals surface area contributed by atoms with E-state index in [0.717, 1.165) is 10.0 Å². The van der Waals surface area contributed by atoms with Crippen LogP contribution in [0.2, 0.25) is 0 Å². The molecule has 0 saturated heterocycles. The van der Waals surface area contributed by atoms with Gasteiger partial charge in [-0.1, -0.05) is 0 Å². The van der Waals surface area contributed by atoms with Crippen molar-refractivity contribution in [3.63, 3.8) is 0 Å². The summed E-state index contributed by atoms with van der Waals surface area (Å²) < 4.78 is 17.0. The molecule has 1 N–H and O–H groups in total. The molecule has 0 aliphatic carbocycles. The average Bonchev–Trinajstić information content (AvgIpc) is 3.06. The highest BCUT2D eigenvalue weighted by Gasteiger charge is 2.10. The van der Waals surface area contributed by atoms with E-state index >= 15 is 0 Å². The number of benzene rings is 1. The van der Waals surface area contributed by atoms with E-state index in [1.165, 1.54) is 11.3 Å². The molecule has 146 valence electrons. The van der Waals surface area contributed by atoms with Crippen molar-refractivity contribution >= 4 is 44.6 Å². The molecule has 0 bridgehead atoms. The van der Waals surface area contributed by atoms with E-state index in [0.29, 0.717) is 42.1 Å². The Balaban J connectivity index is 2.04. The summed E-state index contributed by atoms with van der Waals surface area (Å²) in [6, 6.07) is 3.72. The lowest BCUT2D eigenvalue weighted by molar-refractivity contribution is -0.142. The molecule has 1 heterocycles. The molecule has 9 heteroatoms. The lowest BCUT2D eigenvalue weighted by Crippen LogP contribution is -2.07. The average molecular weight is 456 g/mol. The van der Waals surface area contributed by atoms with Crippen molar-refractivity contribution in [3.05, 3.63) is 33.2 Å². The van der Waals surface area contributed by atoms with Crippen molar-refractivity contribution in [3.8, 4) is 11.5 Å². The number of carbonyl (C=O) groups is 1. The predicted octanol–water partition coefficient (Wildman–Crippen LogP) is 4.25. The van der Waals surface area contributed by atoms with E-state index in [1.54, 1.807) is 18.5 Å². The molecule has 1 aromatic heterocycles. The second-order valence-corrected chi connectivity index (χ2v) is 6.89. The predicted molar refractivity (Wildman–Crippen MR) is 110 cm³/mol. The zero-order chi connectivity index (χ0) is 19.6. The molecule has 0 aliphatic rings. The Morgan fingerprint density at radius 1 is 1.22 bits per heavy atom. The van der Waals surface area contributed by atoms with Crippen LogP contribution in [-0.2, 0) is 16.0 Å². The monoisotopic (exact) mass is 455 g/mol. The van der Waals surface area contributed by atoms with Gasteiger partial charge < -0.3 is 14.2 Å². The first-order valence-corrected chi connectivity index (χ1v) is 10.2. The molecule has 2 rings (SSSR count). The van der Waals surface area contributed by atoms with Crippen molar-refractivity contribution < 1.29 is 19.0 Å². The Morgan fingerprint density at radius 2 is 1.93 bits per heavy atom. The van der Waals surface area contributed by atoms with Gasteiger partial charge in [-0.15, -0.1) is 11.3 Å². The molecule has 0 unspecified atom stereocenters. The topological polar surface area (TPSA) is 82.0 Å². The molecule has 0 spiro atoms. The molecule has 1 aromatic carbocycles. The van der Waals surface area contributed by atoms with Gasteiger partial charge in [0.15, 0.2) is 11.5 Å². The quantitative estimate of drug-likeness (QED) is 0.327. The Labute approximate surface area is 170 Å². The van der Waals surface area contributed by atoms with Gasteiger partial charge in [0.1, 0.15) is 0 Å². The van der Waals surface area contributed by atoms with Gasteiger partial charge in [0, 0.05) is 15.4 Å². The van der Waals surface area contributed by atoms with E-state index in [2.05, 4.69) is 31.4 Å². The van der Waals surface area contributed by atoms with Crippen LogP contribution in [0.15, 0.2) is 27.1 Å². The van der Waals surface area contributed by atoms with Crippen LogP contribution < -0.4 is 14.9 Å². The maximum atomic E-state index is 11.5. The van der Waals surface area contributed by atoms with Crippen LogP contribution in [0.25, 0.3) is 0 Å². The third-order valence-electron chi connectivity index (χ3n) is 3.21. The molecular formula is C18H22BrN3O4S. The number of rotatable bonds is 10. The van der Waals surface area contributed by atoms with E-state index in [1.807, 2.05) is 26.0 Å². The van der Waals surface area contributed by atoms with Gasteiger partial charge in [-0.2, -0.15) is 5.10 Å². The first kappa shape index (κ1) is 21.2. The summed E-state index contributed by atoms with van der Waals surface area (Å²) in [7, 11) is 0. The zero-order valence-electron chi connectivity index (χ0n) is 15.5. The van der Waals surface area contributed by atoms with Crippen molar-refractivity contribution in [2.45, 2.75) is 27.2 Å². The van der Waals surface area contributed by atoms with E-state index in [9.17, 15) is 4.79 Å². The number of nitrogens with zero attached hydrogens (tertiary/aromatic N) is 2. The highest BCUT2D eigenvalue weighted by molar-refractivity contribution is 9.10. The zero-order valence-corrected chi connectivity index (χ0v) is 17.9. The minimum absolute atomic E-state index is 0.151. The fourth-order valence-electron chi connectivity index (χ4n) is 2.14. The van der Waals surface area contributed by atoms with Crippen LogP contribution in [0.4, 0.5) is 5.13 Å². The van der Waals surface area contributed by atoms with Gasteiger partial charge in [0.25, 0.3) is 0 Å². The third kappa shape index (κ3) is 6.51. The summed E-state index contributed by atoms with van der Waals surface area (Å²) in [5.41, 5.74) is 4.35. The SMILES string of the molecule is CCOC(=O)Cc1csc(NN=Cc2cc(OCC)c(OCC)cc2Br)n1. The first-order valence-electron chi connectivity index (χ1n) is 8.55. The molecule has 2 aromatic rings. The molecule has 0 aliphatic heterocycles. The molecule has 0 atom stereocenters. The Morgan fingerprint density at radius 3 is 2.59 bits per heavy atom. The Kier molecular flexibility index (Phi) is 8.53. The summed E-state index contributed by atoms with van der Waals surface area (Å²) in [6.07, 6.45) is 1.81. The maximum absolute atomic E-state index is 11.5. The van der Waals surface area contributed by atoms with Gasteiger partial charge in [-0.3, -0.25) is 10.2 Å². The summed E-state index contributed by atoms with van der Waals surface area (Å²) in [5.74, 6) is 1.05. The fourth-order valence-corrected chi connectivity index (χ4v) is 3.23. The van der Waals surface area contributed by atoms with Gasteiger partial charge in [-0.25, -0.2) is 4.98 Å². The number of nitrogens with one attached hydrogen (secondary N) is 1. The minimum atomic E-state index is -0.292. The molecule has 27 heavy (non-hydrogen) atoms. The molecule has 7 nitrogen and oxygen atoms in total. The second-order valence-electron chi connectivity index (χ2n) is 5.18. The number of esters is 1. The second kappa shape index (κ2) is 10.9. The highest BCUT2D eigenvalue weighted by atomic mass is 79.9. The van der Waals surface area contributed by atoms with Crippen molar-refractivity contribution in [2.75, 3.05) is 25.2 Å². The van der Waals surface area contributed by atoms with Crippen LogP contribution in [0, 0.1) is 0 Å². The molecule has 0 amide bonds. The van der Waals surface area contributed by atoms with E-state index in [-0.39, 0.29) is 12.4 Å². The Bertz CT molecular complexity index is 795. The highest BCUT2D eigenvalue weighted by Crippen LogP contribution is 2.33. The first-order chi connectivity index (χ1) is 13.1. The van der Waals surface area contributed by atoms with Gasteiger partial charge in [0.2, 0.25) is 5.13 Å². The van der Waals surface area contributed by atoms with Gasteiger partial charge in [-0.05, 0) is 48.8 Å². The van der Waals surface area contributed by atoms with Crippen LogP contribution in [0.1, 0.15) is 32.0 Å². The number of halogens is 1. The summed E-state index contributed by atoms with van der Waals surface area (Å²) in [5, 5.41) is 6.60. The van der Waals surface area contributed by atoms with Crippen LogP contribution in [0.3, 0.4) is 0 Å². The molecule has 0 saturated carbocycles. The standard InChI is InChI=1S/C18H22BrN3O4S/c1-4-24-15-7-12(14(19)9-16(15)25-5-2)10-20-22-18-21-13(11-27-18)8-17(23)26-6-3/h7,9-11H,4-6,8H2,1-3H3,(H,21,22). The number of thiazole rings is 1. The fraction of sp³-hybridized carbons (Fsp3) is 0.389. The third-order valence-corrected chi connectivity index (χ3v) is 4.69. The number of carbonyl (C=O) groups excluding carboxylic acids is 1. The van der Waals surface area contributed by atoms with Crippen molar-refractivity contribution in [2.24, 2.45) is 5.10 Å². The lowest BCUT2D eigenvalue weighted by atomic mass is 10.2. The normalized spacial score (nSPS) is 10.8. The number of anilines is 1. The van der Waals surface area contributed by atoms with E-state index < -0.39 is 0 Å². The molecule has 0 fully saturated rings. The maximum Gasteiger partial charge on any atom is 0.311 e. The number of hydrogen-bond donors (Lipinski definition) is 1. The summed E-state index contributed by atoms with van der Waals surface area (Å²) in [6.45, 7) is 7.07. The van der Waals surface area contributed by atoms with Gasteiger partial charge in [0.05, 0.1) is 38.1 Å². The minimum Gasteiger partial charge on any atom is -0.490 e. The number of ether oxygens (including phenoxy) is 3. The largest absolute Gasteiger partial charge is 0.490 e. The molecule has 0 radical (unpaired) electrons. The Hall–Kier alpha value is -2.13. The number of hydrogen-bond acceptors (Lipinski definition) is 8. The summed E-state index contributed by atoms with van der Waals surface area (Å²) >= 11 is 4.88. The van der Waals surface area contributed by atoms with Crippen LogP contribution in [0.5, 0.6) is 11.5 Å². The van der Waals surface area contributed by atoms with Crippen molar-refractivity contribution in [1.82, 2.24) is 4.98 Å². The molecular weight excluding hydrogens is 434 g/mol. The number of hydrazone groups is 1. The van der Waals surface area contributed by atoms with Crippen LogP contribution in [-0.4, -0.2) is 37.0 Å². The van der Waals surface area contributed by atoms with Gasteiger partial charge >= 0.3 is 5.97 Å². The lowest BCUT2D eigenvalue weighted by Gasteiger charge is -2.12.